The Labute approximate surface area is 188 Å². The molecule has 2 aromatic rings. The number of thiazole rings is 1. The third-order valence-electron chi connectivity index (χ3n) is 4.75. The fourth-order valence-corrected chi connectivity index (χ4v) is 4.14. The van der Waals surface area contributed by atoms with Crippen LogP contribution in [0, 0.1) is 0 Å². The average molecular weight is 461 g/mol. The SMILES string of the molecule is CCOC(=O)/C=c1\s/c(=C\c2ccc(C(=O)OC)cc2)c(=O)n1CC(=O)N1CCOCC1. The van der Waals surface area contributed by atoms with Crippen LogP contribution in [-0.2, 0) is 30.3 Å². The second kappa shape index (κ2) is 10.9. The van der Waals surface area contributed by atoms with Crippen molar-refractivity contribution in [2.24, 2.45) is 0 Å². The van der Waals surface area contributed by atoms with Crippen LogP contribution in [0.5, 0.6) is 0 Å². The number of esters is 2. The van der Waals surface area contributed by atoms with Gasteiger partial charge in [0.2, 0.25) is 5.91 Å². The summed E-state index contributed by atoms with van der Waals surface area (Å²) in [4.78, 5) is 51.0. The molecule has 9 nitrogen and oxygen atoms in total. The van der Waals surface area contributed by atoms with Crippen molar-refractivity contribution in [1.82, 2.24) is 9.47 Å². The summed E-state index contributed by atoms with van der Waals surface area (Å²) < 4.78 is 16.9. The molecule has 1 saturated heterocycles. The summed E-state index contributed by atoms with van der Waals surface area (Å²) in [6.45, 7) is 3.52. The van der Waals surface area contributed by atoms with Crippen molar-refractivity contribution >= 4 is 41.3 Å². The van der Waals surface area contributed by atoms with Gasteiger partial charge in [-0.2, -0.15) is 0 Å². The third-order valence-corrected chi connectivity index (χ3v) is 5.81. The number of nitrogens with zero attached hydrogens (tertiary/aromatic N) is 2. The van der Waals surface area contributed by atoms with Gasteiger partial charge in [0.05, 0.1) is 43.1 Å². The summed E-state index contributed by atoms with van der Waals surface area (Å²) in [7, 11) is 1.30. The van der Waals surface area contributed by atoms with E-state index in [1.807, 2.05) is 0 Å². The zero-order valence-electron chi connectivity index (χ0n) is 17.9. The maximum atomic E-state index is 13.1. The Balaban J connectivity index is 1.99. The third kappa shape index (κ3) is 5.71. The molecular weight excluding hydrogens is 436 g/mol. The van der Waals surface area contributed by atoms with Gasteiger partial charge in [-0.3, -0.25) is 14.2 Å². The molecule has 1 fully saturated rings. The molecule has 0 bridgehead atoms. The zero-order valence-corrected chi connectivity index (χ0v) is 18.7. The molecule has 10 heteroatoms. The van der Waals surface area contributed by atoms with E-state index in [0.717, 1.165) is 11.3 Å². The monoisotopic (exact) mass is 460 g/mol. The van der Waals surface area contributed by atoms with Gasteiger partial charge in [0, 0.05) is 13.1 Å². The van der Waals surface area contributed by atoms with E-state index >= 15 is 0 Å². The fourth-order valence-electron chi connectivity index (χ4n) is 3.11. The molecule has 0 radical (unpaired) electrons. The molecule has 1 aromatic heterocycles. The topological polar surface area (TPSA) is 104 Å². The van der Waals surface area contributed by atoms with Crippen molar-refractivity contribution in [3.8, 4) is 0 Å². The number of benzene rings is 1. The predicted molar refractivity (Wildman–Crippen MR) is 118 cm³/mol. The van der Waals surface area contributed by atoms with Crippen LogP contribution in [0.1, 0.15) is 22.8 Å². The Morgan fingerprint density at radius 2 is 1.84 bits per heavy atom. The van der Waals surface area contributed by atoms with Crippen LogP contribution in [0.4, 0.5) is 0 Å². The predicted octanol–water partition coefficient (Wildman–Crippen LogP) is -0.272. The number of amides is 1. The van der Waals surface area contributed by atoms with Gasteiger partial charge in [0.25, 0.3) is 5.56 Å². The quantitative estimate of drug-likeness (QED) is 0.547. The van der Waals surface area contributed by atoms with Gasteiger partial charge in [-0.25, -0.2) is 9.59 Å². The molecule has 0 N–H and O–H groups in total. The highest BCUT2D eigenvalue weighted by Crippen LogP contribution is 2.06. The van der Waals surface area contributed by atoms with Crippen molar-refractivity contribution in [1.29, 1.82) is 0 Å². The number of rotatable bonds is 6. The molecule has 0 aliphatic carbocycles. The van der Waals surface area contributed by atoms with E-state index in [0.29, 0.717) is 46.6 Å². The fraction of sp³-hybridized carbons (Fsp3) is 0.364. The van der Waals surface area contributed by atoms with E-state index in [1.54, 1.807) is 42.2 Å². The van der Waals surface area contributed by atoms with Crippen molar-refractivity contribution in [2.75, 3.05) is 40.0 Å². The smallest absolute Gasteiger partial charge is 0.337 e. The number of carbonyl (C=O) groups is 3. The molecule has 1 amide bonds. The Morgan fingerprint density at radius 3 is 2.47 bits per heavy atom. The summed E-state index contributed by atoms with van der Waals surface area (Å²) in [5, 5.41) is 0. The van der Waals surface area contributed by atoms with Crippen LogP contribution in [0.25, 0.3) is 12.2 Å². The summed E-state index contributed by atoms with van der Waals surface area (Å²) in [6.07, 6.45) is 2.87. The number of morpholine rings is 1. The van der Waals surface area contributed by atoms with Gasteiger partial charge in [0.15, 0.2) is 0 Å². The molecule has 32 heavy (non-hydrogen) atoms. The van der Waals surface area contributed by atoms with Gasteiger partial charge >= 0.3 is 11.9 Å². The Kier molecular flexibility index (Phi) is 7.96. The molecule has 0 unspecified atom stereocenters. The first kappa shape index (κ1) is 23.4. The van der Waals surface area contributed by atoms with E-state index in [-0.39, 0.29) is 24.6 Å². The molecule has 1 aliphatic rings. The van der Waals surface area contributed by atoms with E-state index < -0.39 is 11.9 Å². The van der Waals surface area contributed by atoms with Crippen molar-refractivity contribution < 1.29 is 28.6 Å². The van der Waals surface area contributed by atoms with Crippen LogP contribution < -0.4 is 14.8 Å². The Hall–Kier alpha value is -3.24. The zero-order chi connectivity index (χ0) is 23.1. The second-order valence-corrected chi connectivity index (χ2v) is 7.91. The maximum Gasteiger partial charge on any atom is 0.337 e. The molecule has 1 aliphatic heterocycles. The summed E-state index contributed by atoms with van der Waals surface area (Å²) in [6, 6.07) is 6.56. The van der Waals surface area contributed by atoms with Gasteiger partial charge < -0.3 is 19.1 Å². The van der Waals surface area contributed by atoms with Crippen LogP contribution in [-0.4, -0.2) is 67.3 Å². The minimum Gasteiger partial charge on any atom is -0.465 e. The standard InChI is InChI=1S/C22H24N2O7S/c1-3-31-20(26)13-19-24(14-18(25)23-8-10-30-11-9-23)21(27)17(32-19)12-15-4-6-16(7-5-15)22(28)29-2/h4-7,12-13H,3,8-11,14H2,1-2H3/b17-12-,19-13-. The first-order valence-electron chi connectivity index (χ1n) is 10.1. The van der Waals surface area contributed by atoms with Crippen LogP contribution >= 0.6 is 11.3 Å². The Morgan fingerprint density at radius 1 is 1.16 bits per heavy atom. The minimum atomic E-state index is -0.588. The first-order chi connectivity index (χ1) is 15.4. The lowest BCUT2D eigenvalue weighted by Crippen LogP contribution is -2.45. The number of ether oxygens (including phenoxy) is 3. The molecule has 0 spiro atoms. The lowest BCUT2D eigenvalue weighted by atomic mass is 10.1. The minimum absolute atomic E-state index is 0.185. The lowest BCUT2D eigenvalue weighted by Gasteiger charge is -2.26. The highest BCUT2D eigenvalue weighted by Gasteiger charge is 2.19. The second-order valence-electron chi connectivity index (χ2n) is 6.84. The number of carbonyl (C=O) groups excluding carboxylic acids is 3. The van der Waals surface area contributed by atoms with Crippen molar-refractivity contribution in [3.63, 3.8) is 0 Å². The van der Waals surface area contributed by atoms with Crippen LogP contribution in [0.15, 0.2) is 29.1 Å². The van der Waals surface area contributed by atoms with E-state index in [9.17, 15) is 19.2 Å². The van der Waals surface area contributed by atoms with Crippen molar-refractivity contribution in [3.05, 3.63) is 54.9 Å². The highest BCUT2D eigenvalue weighted by molar-refractivity contribution is 7.07. The maximum absolute atomic E-state index is 13.1. The number of methoxy groups -OCH3 is 1. The van der Waals surface area contributed by atoms with Crippen molar-refractivity contribution in [2.45, 2.75) is 13.5 Å². The van der Waals surface area contributed by atoms with Gasteiger partial charge in [-0.05, 0) is 30.7 Å². The molecule has 2 heterocycles. The number of hydrogen-bond acceptors (Lipinski definition) is 8. The normalized spacial score (nSPS) is 15.0. The summed E-state index contributed by atoms with van der Waals surface area (Å²) in [5.41, 5.74) is 0.690. The van der Waals surface area contributed by atoms with E-state index in [1.165, 1.54) is 17.8 Å². The van der Waals surface area contributed by atoms with Crippen LogP contribution in [0.2, 0.25) is 0 Å². The van der Waals surface area contributed by atoms with Crippen LogP contribution in [0.3, 0.4) is 0 Å². The van der Waals surface area contributed by atoms with Gasteiger partial charge in [-0.15, -0.1) is 11.3 Å². The highest BCUT2D eigenvalue weighted by atomic mass is 32.1. The number of hydrogen-bond donors (Lipinski definition) is 0. The lowest BCUT2D eigenvalue weighted by molar-refractivity contribution is -0.136. The van der Waals surface area contributed by atoms with Gasteiger partial charge in [-0.1, -0.05) is 12.1 Å². The largest absolute Gasteiger partial charge is 0.465 e. The molecule has 0 atom stereocenters. The molecule has 3 rings (SSSR count). The molecular formula is C22H24N2O7S. The van der Waals surface area contributed by atoms with Gasteiger partial charge in [0.1, 0.15) is 11.2 Å². The molecule has 0 saturated carbocycles. The summed E-state index contributed by atoms with van der Waals surface area (Å²) in [5.74, 6) is -1.26. The Bertz CT molecular complexity index is 1160. The first-order valence-corrected chi connectivity index (χ1v) is 10.9. The van der Waals surface area contributed by atoms with E-state index in [4.69, 9.17) is 9.47 Å². The summed E-state index contributed by atoms with van der Waals surface area (Å²) >= 11 is 1.09. The van der Waals surface area contributed by atoms with E-state index in [2.05, 4.69) is 4.74 Å². The average Bonchev–Trinajstić information content (AvgIpc) is 3.08. The molecule has 1 aromatic carbocycles. The molecule has 170 valence electrons. The number of aromatic nitrogens is 1.